The lowest BCUT2D eigenvalue weighted by molar-refractivity contribution is -0.148. The Bertz CT molecular complexity index is 290. The van der Waals surface area contributed by atoms with Crippen LogP contribution in [0.2, 0.25) is 0 Å². The van der Waals surface area contributed by atoms with E-state index in [1.54, 1.807) is 19.3 Å². The van der Waals surface area contributed by atoms with E-state index in [0.29, 0.717) is 6.42 Å². The number of carboxylic acid groups (broad SMARTS) is 1. The molecule has 0 fully saturated rings. The molecule has 0 saturated heterocycles. The lowest BCUT2D eigenvalue weighted by atomic mass is 10.1. The summed E-state index contributed by atoms with van der Waals surface area (Å²) in [4.78, 5) is 10.6. The third-order valence-corrected chi connectivity index (χ3v) is 1.93. The second kappa shape index (κ2) is 4.09. The van der Waals surface area contributed by atoms with Gasteiger partial charge in [0, 0.05) is 13.5 Å². The lowest BCUT2D eigenvalue weighted by Gasteiger charge is -2.08. The summed E-state index contributed by atoms with van der Waals surface area (Å²) in [5.74, 6) is -0.216. The molecule has 1 N–H and O–H groups in total. The van der Waals surface area contributed by atoms with Crippen LogP contribution in [0, 0.1) is 6.92 Å². The molecule has 0 aliphatic rings. The molecule has 1 unspecified atom stereocenters. The highest BCUT2D eigenvalue weighted by Crippen LogP contribution is 2.12. The fourth-order valence-corrected chi connectivity index (χ4v) is 1.09. The number of methoxy groups -OCH3 is 1. The molecule has 1 heterocycles. The van der Waals surface area contributed by atoms with Gasteiger partial charge in [-0.25, -0.2) is 4.79 Å². The molecule has 0 aliphatic carbocycles. The average molecular weight is 184 g/mol. The van der Waals surface area contributed by atoms with Crippen LogP contribution in [0.1, 0.15) is 11.3 Å². The molecule has 72 valence electrons. The summed E-state index contributed by atoms with van der Waals surface area (Å²) < 4.78 is 9.84. The number of rotatable bonds is 4. The zero-order valence-electron chi connectivity index (χ0n) is 7.61. The summed E-state index contributed by atoms with van der Waals surface area (Å²) in [5.41, 5.74) is 0.870. The first kappa shape index (κ1) is 9.80. The van der Waals surface area contributed by atoms with E-state index in [4.69, 9.17) is 14.3 Å². The van der Waals surface area contributed by atoms with Crippen LogP contribution in [0.15, 0.2) is 16.7 Å². The van der Waals surface area contributed by atoms with Gasteiger partial charge in [0.1, 0.15) is 5.76 Å². The van der Waals surface area contributed by atoms with Crippen LogP contribution in [-0.4, -0.2) is 24.3 Å². The molecule has 1 atom stereocenters. The molecule has 1 aromatic heterocycles. The molecule has 0 radical (unpaired) electrons. The molecule has 0 spiro atoms. The van der Waals surface area contributed by atoms with Crippen molar-refractivity contribution in [3.63, 3.8) is 0 Å². The topological polar surface area (TPSA) is 59.7 Å². The minimum atomic E-state index is -0.955. The van der Waals surface area contributed by atoms with Crippen molar-refractivity contribution in [1.29, 1.82) is 0 Å². The Hall–Kier alpha value is -1.29. The maximum atomic E-state index is 10.6. The maximum Gasteiger partial charge on any atom is 0.333 e. The minimum absolute atomic E-state index is 0.341. The van der Waals surface area contributed by atoms with Gasteiger partial charge in [-0.3, -0.25) is 0 Å². The molecule has 0 saturated carbocycles. The molecule has 4 nitrogen and oxygen atoms in total. The van der Waals surface area contributed by atoms with Gasteiger partial charge >= 0.3 is 5.97 Å². The number of aryl methyl sites for hydroxylation is 1. The highest BCUT2D eigenvalue weighted by atomic mass is 16.5. The quantitative estimate of drug-likeness (QED) is 0.764. The van der Waals surface area contributed by atoms with Gasteiger partial charge in [-0.2, -0.15) is 0 Å². The number of furan rings is 1. The van der Waals surface area contributed by atoms with Crippen molar-refractivity contribution in [2.24, 2.45) is 0 Å². The van der Waals surface area contributed by atoms with Crippen LogP contribution in [0.3, 0.4) is 0 Å². The van der Waals surface area contributed by atoms with Crippen LogP contribution in [0.4, 0.5) is 0 Å². The van der Waals surface area contributed by atoms with E-state index in [9.17, 15) is 4.79 Å². The van der Waals surface area contributed by atoms with Gasteiger partial charge in [-0.1, -0.05) is 0 Å². The van der Waals surface area contributed by atoms with E-state index in [2.05, 4.69) is 0 Å². The lowest BCUT2D eigenvalue weighted by Crippen LogP contribution is -2.24. The third-order valence-electron chi connectivity index (χ3n) is 1.93. The molecule has 0 bridgehead atoms. The van der Waals surface area contributed by atoms with Crippen molar-refractivity contribution in [2.45, 2.75) is 19.4 Å². The second-order valence-electron chi connectivity index (χ2n) is 2.77. The molecule has 0 aromatic carbocycles. The van der Waals surface area contributed by atoms with Crippen LogP contribution in [-0.2, 0) is 16.0 Å². The maximum absolute atomic E-state index is 10.6. The summed E-state index contributed by atoms with van der Waals surface area (Å²) in [6.45, 7) is 1.80. The van der Waals surface area contributed by atoms with E-state index >= 15 is 0 Å². The van der Waals surface area contributed by atoms with Crippen molar-refractivity contribution in [3.05, 3.63) is 23.7 Å². The van der Waals surface area contributed by atoms with Gasteiger partial charge < -0.3 is 14.3 Å². The van der Waals surface area contributed by atoms with E-state index in [0.717, 1.165) is 11.3 Å². The smallest absolute Gasteiger partial charge is 0.333 e. The average Bonchev–Trinajstić information content (AvgIpc) is 2.46. The van der Waals surface area contributed by atoms with Gasteiger partial charge in [0.25, 0.3) is 0 Å². The van der Waals surface area contributed by atoms with Crippen molar-refractivity contribution < 1.29 is 19.1 Å². The molecule has 4 heteroatoms. The summed E-state index contributed by atoms with van der Waals surface area (Å²) >= 11 is 0. The second-order valence-corrected chi connectivity index (χ2v) is 2.77. The Morgan fingerprint density at radius 2 is 2.46 bits per heavy atom. The molecular formula is C9H12O4. The molecule has 0 aliphatic heterocycles. The molecule has 13 heavy (non-hydrogen) atoms. The molecular weight excluding hydrogens is 172 g/mol. The Balaban J connectivity index is 2.67. The predicted octanol–water partition coefficient (Wildman–Crippen LogP) is 1.23. The van der Waals surface area contributed by atoms with E-state index in [-0.39, 0.29) is 0 Å². The largest absolute Gasteiger partial charge is 0.479 e. The first-order valence-electron chi connectivity index (χ1n) is 3.93. The predicted molar refractivity (Wildman–Crippen MR) is 45.6 cm³/mol. The fraction of sp³-hybridized carbons (Fsp3) is 0.444. The number of hydrogen-bond acceptors (Lipinski definition) is 3. The molecule has 0 amide bonds. The van der Waals surface area contributed by atoms with Gasteiger partial charge in [0.05, 0.1) is 6.26 Å². The van der Waals surface area contributed by atoms with Crippen LogP contribution < -0.4 is 0 Å². The fourth-order valence-electron chi connectivity index (χ4n) is 1.09. The van der Waals surface area contributed by atoms with E-state index < -0.39 is 12.1 Å². The van der Waals surface area contributed by atoms with Crippen molar-refractivity contribution in [2.75, 3.05) is 7.11 Å². The monoisotopic (exact) mass is 184 g/mol. The van der Waals surface area contributed by atoms with Crippen LogP contribution in [0.25, 0.3) is 0 Å². The van der Waals surface area contributed by atoms with E-state index in [1.165, 1.54) is 7.11 Å². The summed E-state index contributed by atoms with van der Waals surface area (Å²) in [6.07, 6.45) is 1.09. The molecule has 1 rings (SSSR count). The van der Waals surface area contributed by atoms with Gasteiger partial charge in [-0.15, -0.1) is 0 Å². The first-order valence-corrected chi connectivity index (χ1v) is 3.93. The Morgan fingerprint density at radius 3 is 2.85 bits per heavy atom. The third kappa shape index (κ3) is 2.32. The summed E-state index contributed by atoms with van der Waals surface area (Å²) in [6, 6.07) is 1.75. The normalized spacial score (nSPS) is 12.8. The summed E-state index contributed by atoms with van der Waals surface area (Å²) in [5, 5.41) is 8.71. The SMILES string of the molecule is COC(Cc1ccoc1C)C(=O)O. The van der Waals surface area contributed by atoms with E-state index in [1.807, 2.05) is 0 Å². The highest BCUT2D eigenvalue weighted by molar-refractivity contribution is 5.72. The van der Waals surface area contributed by atoms with Crippen LogP contribution in [0.5, 0.6) is 0 Å². The van der Waals surface area contributed by atoms with Crippen molar-refractivity contribution in [3.8, 4) is 0 Å². The zero-order chi connectivity index (χ0) is 9.84. The minimum Gasteiger partial charge on any atom is -0.479 e. The van der Waals surface area contributed by atoms with Gasteiger partial charge in [0.2, 0.25) is 0 Å². The standard InChI is InChI=1S/C9H12O4/c1-6-7(3-4-13-6)5-8(12-2)9(10)11/h3-4,8H,5H2,1-2H3,(H,10,11). The van der Waals surface area contributed by atoms with Gasteiger partial charge in [0.15, 0.2) is 6.10 Å². The van der Waals surface area contributed by atoms with Crippen molar-refractivity contribution >= 4 is 5.97 Å². The Labute approximate surface area is 76.1 Å². The number of ether oxygens (including phenoxy) is 1. The zero-order valence-corrected chi connectivity index (χ0v) is 7.61. The number of aliphatic carboxylic acids is 1. The number of carboxylic acids is 1. The van der Waals surface area contributed by atoms with Crippen molar-refractivity contribution in [1.82, 2.24) is 0 Å². The van der Waals surface area contributed by atoms with Crippen LogP contribution >= 0.6 is 0 Å². The number of hydrogen-bond donors (Lipinski definition) is 1. The highest BCUT2D eigenvalue weighted by Gasteiger charge is 2.18. The van der Waals surface area contributed by atoms with Gasteiger partial charge in [-0.05, 0) is 18.6 Å². The first-order chi connectivity index (χ1) is 6.15. The summed E-state index contributed by atoms with van der Waals surface area (Å²) in [7, 11) is 1.38. The Morgan fingerprint density at radius 1 is 1.77 bits per heavy atom. The number of carbonyl (C=O) groups is 1. The Kier molecular flexibility index (Phi) is 3.08. The molecule has 1 aromatic rings.